The molecule has 0 N–H and O–H groups in total. The lowest BCUT2D eigenvalue weighted by Gasteiger charge is -2.34. The summed E-state index contributed by atoms with van der Waals surface area (Å²) in [6.45, 7) is 0. The zero-order valence-corrected chi connectivity index (χ0v) is 42.3. The van der Waals surface area contributed by atoms with Gasteiger partial charge in [-0.1, -0.05) is 231 Å². The highest BCUT2D eigenvalue weighted by atomic mass is 15.1. The standard InChI is InChI=1S/C75H50N2/c1-4-16-51(17-5-1)52-32-40-62(41-33-52)76(64-44-45-66-58(48-64)29-28-55-18-10-11-23-65(55)66)63-42-34-54(35-43-63)57-37-47-74-70(50-57)69-49-56(36-46-73(69)77(74)61-21-8-3-9-22-61)53-30-38-60(39-31-53)75(59-19-6-2-7-20-59)71-26-14-12-24-67(71)68-25-13-15-27-72(68)75/h1-50H. The van der Waals surface area contributed by atoms with E-state index in [9.17, 15) is 0 Å². The third-order valence-electron chi connectivity index (χ3n) is 16.3. The molecule has 2 nitrogen and oxygen atoms in total. The molecular formula is C75H50N2. The summed E-state index contributed by atoms with van der Waals surface area (Å²) in [6.07, 6.45) is 0. The van der Waals surface area contributed by atoms with E-state index in [4.69, 9.17) is 0 Å². The smallest absolute Gasteiger partial charge is 0.0713 e. The van der Waals surface area contributed by atoms with Crippen molar-refractivity contribution in [1.82, 2.24) is 4.57 Å². The van der Waals surface area contributed by atoms with Crippen molar-refractivity contribution in [3.05, 3.63) is 326 Å². The second kappa shape index (κ2) is 18.1. The summed E-state index contributed by atoms with van der Waals surface area (Å²) in [7, 11) is 0. The Kier molecular flexibility index (Phi) is 10.5. The zero-order valence-electron chi connectivity index (χ0n) is 42.3. The monoisotopic (exact) mass is 978 g/mol. The number of hydrogen-bond donors (Lipinski definition) is 0. The van der Waals surface area contributed by atoms with Gasteiger partial charge in [-0.25, -0.2) is 0 Å². The molecule has 2 heteroatoms. The third kappa shape index (κ3) is 7.25. The highest BCUT2D eigenvalue weighted by Crippen LogP contribution is 2.56. The van der Waals surface area contributed by atoms with E-state index in [0.717, 1.165) is 28.3 Å². The lowest BCUT2D eigenvalue weighted by Crippen LogP contribution is -2.28. The molecule has 0 amide bonds. The summed E-state index contributed by atoms with van der Waals surface area (Å²) in [5, 5.41) is 7.42. The van der Waals surface area contributed by atoms with Gasteiger partial charge in [-0.2, -0.15) is 0 Å². The van der Waals surface area contributed by atoms with Gasteiger partial charge in [0.2, 0.25) is 0 Å². The SMILES string of the molecule is c1ccc(-c2ccc(N(c3ccc(-c4ccc5c(c4)c4cc(-c6ccc(C7(c8ccccc8)c8ccccc8-c8ccccc87)cc6)ccc4n5-c4ccccc4)cc3)c3ccc4c(ccc5ccccc54)c3)cc2)cc1. The van der Waals surface area contributed by atoms with Gasteiger partial charge in [0.05, 0.1) is 16.4 Å². The van der Waals surface area contributed by atoms with Crippen LogP contribution in [0, 0.1) is 0 Å². The molecule has 0 atom stereocenters. The first-order valence-electron chi connectivity index (χ1n) is 26.6. The molecule has 360 valence electrons. The number of benzene rings is 13. The van der Waals surface area contributed by atoms with Gasteiger partial charge in [-0.15, -0.1) is 0 Å². The normalized spacial score (nSPS) is 12.5. The Morgan fingerprint density at radius 2 is 0.688 bits per heavy atom. The highest BCUT2D eigenvalue weighted by molar-refractivity contribution is 6.12. The van der Waals surface area contributed by atoms with Gasteiger partial charge < -0.3 is 9.47 Å². The Balaban J connectivity index is 0.825. The number of nitrogens with zero attached hydrogens (tertiary/aromatic N) is 2. The Morgan fingerprint density at radius 3 is 1.30 bits per heavy atom. The third-order valence-corrected chi connectivity index (χ3v) is 16.3. The zero-order chi connectivity index (χ0) is 50.9. The average Bonchev–Trinajstić information content (AvgIpc) is 4.23. The minimum absolute atomic E-state index is 0.437. The molecule has 14 aromatic rings. The van der Waals surface area contributed by atoms with Crippen molar-refractivity contribution in [3.8, 4) is 50.2 Å². The van der Waals surface area contributed by atoms with E-state index in [-0.39, 0.29) is 0 Å². The minimum Gasteiger partial charge on any atom is -0.310 e. The summed E-state index contributed by atoms with van der Waals surface area (Å²) in [6, 6.07) is 112. The van der Waals surface area contributed by atoms with Crippen molar-refractivity contribution in [1.29, 1.82) is 0 Å². The van der Waals surface area contributed by atoms with E-state index < -0.39 is 5.41 Å². The summed E-state index contributed by atoms with van der Waals surface area (Å²) >= 11 is 0. The maximum atomic E-state index is 2.41. The molecule has 1 aliphatic carbocycles. The molecule has 0 spiro atoms. The highest BCUT2D eigenvalue weighted by Gasteiger charge is 2.45. The molecule has 1 aromatic heterocycles. The molecule has 0 saturated heterocycles. The van der Waals surface area contributed by atoms with Gasteiger partial charge in [0, 0.05) is 33.5 Å². The second-order valence-electron chi connectivity index (χ2n) is 20.4. The first kappa shape index (κ1) is 44.5. The van der Waals surface area contributed by atoms with Gasteiger partial charge >= 0.3 is 0 Å². The van der Waals surface area contributed by atoms with Gasteiger partial charge in [0.1, 0.15) is 0 Å². The molecule has 0 radical (unpaired) electrons. The fourth-order valence-electron chi connectivity index (χ4n) is 12.7. The van der Waals surface area contributed by atoms with Crippen molar-refractivity contribution >= 4 is 60.4 Å². The Labute approximate surface area is 448 Å². The van der Waals surface area contributed by atoms with E-state index in [2.05, 4.69) is 313 Å². The largest absolute Gasteiger partial charge is 0.310 e. The maximum Gasteiger partial charge on any atom is 0.0713 e. The van der Waals surface area contributed by atoms with Gasteiger partial charge in [0.25, 0.3) is 0 Å². The molecule has 13 aromatic carbocycles. The number of hydrogen-bond acceptors (Lipinski definition) is 1. The molecule has 77 heavy (non-hydrogen) atoms. The van der Waals surface area contributed by atoms with Crippen molar-refractivity contribution in [2.24, 2.45) is 0 Å². The number of fused-ring (bicyclic) bond motifs is 9. The first-order chi connectivity index (χ1) is 38.2. The van der Waals surface area contributed by atoms with Crippen LogP contribution in [0.25, 0.3) is 93.5 Å². The fourth-order valence-corrected chi connectivity index (χ4v) is 12.7. The maximum absolute atomic E-state index is 2.41. The van der Waals surface area contributed by atoms with E-state index in [1.165, 1.54) is 105 Å². The molecule has 0 aliphatic heterocycles. The predicted molar refractivity (Wildman–Crippen MR) is 324 cm³/mol. The second-order valence-corrected chi connectivity index (χ2v) is 20.4. The average molecular weight is 979 g/mol. The summed E-state index contributed by atoms with van der Waals surface area (Å²) in [4.78, 5) is 2.38. The van der Waals surface area contributed by atoms with E-state index >= 15 is 0 Å². The predicted octanol–water partition coefficient (Wildman–Crippen LogP) is 19.9. The van der Waals surface area contributed by atoms with Crippen LogP contribution in [0.4, 0.5) is 17.1 Å². The van der Waals surface area contributed by atoms with E-state index in [1.54, 1.807) is 0 Å². The van der Waals surface area contributed by atoms with Gasteiger partial charge in [-0.3, -0.25) is 0 Å². The molecule has 0 fully saturated rings. The summed E-state index contributed by atoms with van der Waals surface area (Å²) in [5.41, 5.74) is 21.2. The van der Waals surface area contributed by atoms with Crippen molar-refractivity contribution < 1.29 is 0 Å². The van der Waals surface area contributed by atoms with Crippen LogP contribution in [0.15, 0.2) is 303 Å². The number of anilines is 3. The van der Waals surface area contributed by atoms with Crippen molar-refractivity contribution in [2.45, 2.75) is 5.41 Å². The quantitative estimate of drug-likeness (QED) is 0.131. The van der Waals surface area contributed by atoms with Crippen LogP contribution >= 0.6 is 0 Å². The van der Waals surface area contributed by atoms with E-state index in [1.807, 2.05) is 0 Å². The summed E-state index contributed by atoms with van der Waals surface area (Å²) in [5.74, 6) is 0. The molecule has 0 unspecified atom stereocenters. The minimum atomic E-state index is -0.437. The molecule has 1 aliphatic rings. The Morgan fingerprint density at radius 1 is 0.260 bits per heavy atom. The fraction of sp³-hybridized carbons (Fsp3) is 0.0133. The first-order valence-corrected chi connectivity index (χ1v) is 26.6. The molecule has 0 bridgehead atoms. The van der Waals surface area contributed by atoms with Crippen LogP contribution in [-0.2, 0) is 5.41 Å². The molecule has 0 saturated carbocycles. The van der Waals surface area contributed by atoms with Gasteiger partial charge in [0.15, 0.2) is 0 Å². The lowest BCUT2D eigenvalue weighted by atomic mass is 9.67. The van der Waals surface area contributed by atoms with Crippen molar-refractivity contribution in [3.63, 3.8) is 0 Å². The van der Waals surface area contributed by atoms with Crippen LogP contribution in [-0.4, -0.2) is 4.57 Å². The number of rotatable bonds is 9. The topological polar surface area (TPSA) is 8.17 Å². The Bertz CT molecular complexity index is 4470. The van der Waals surface area contributed by atoms with Crippen LogP contribution in [0.1, 0.15) is 22.3 Å². The molecule has 15 rings (SSSR count). The molecular weight excluding hydrogens is 929 g/mol. The number of aromatic nitrogens is 1. The Hall–Kier alpha value is -10.0. The van der Waals surface area contributed by atoms with E-state index in [0.29, 0.717) is 0 Å². The van der Waals surface area contributed by atoms with Crippen molar-refractivity contribution in [2.75, 3.05) is 4.90 Å². The van der Waals surface area contributed by atoms with Gasteiger partial charge in [-0.05, 0) is 161 Å². The van der Waals surface area contributed by atoms with Crippen LogP contribution in [0.3, 0.4) is 0 Å². The van der Waals surface area contributed by atoms with Crippen LogP contribution in [0.2, 0.25) is 0 Å². The molecule has 1 heterocycles. The van der Waals surface area contributed by atoms with Crippen LogP contribution < -0.4 is 4.90 Å². The van der Waals surface area contributed by atoms with Crippen LogP contribution in [0.5, 0.6) is 0 Å². The lowest BCUT2D eigenvalue weighted by molar-refractivity contribution is 0.768. The summed E-state index contributed by atoms with van der Waals surface area (Å²) < 4.78 is 2.41. The number of para-hydroxylation sites is 1.